The normalized spacial score (nSPS) is 11.8. The third-order valence-corrected chi connectivity index (χ3v) is 3.49. The first-order valence-electron chi connectivity index (χ1n) is 7.74. The van der Waals surface area contributed by atoms with Crippen LogP contribution in [0, 0.1) is 0 Å². The molecule has 0 unspecified atom stereocenters. The van der Waals surface area contributed by atoms with E-state index in [1.54, 1.807) is 30.3 Å². The molecule has 0 saturated carbocycles. The van der Waals surface area contributed by atoms with E-state index in [4.69, 9.17) is 4.74 Å². The molecule has 1 N–H and O–H groups in total. The van der Waals surface area contributed by atoms with Crippen LogP contribution >= 0.6 is 0 Å². The number of carbonyl (C=O) groups excluding carboxylic acids is 2. The molecule has 2 rings (SSSR count). The molecule has 2 aromatic rings. The van der Waals surface area contributed by atoms with E-state index in [1.165, 1.54) is 0 Å². The summed E-state index contributed by atoms with van der Waals surface area (Å²) >= 11 is 0. The van der Waals surface area contributed by atoms with Gasteiger partial charge in [0, 0.05) is 5.56 Å². The number of benzene rings is 2. The highest BCUT2D eigenvalue weighted by Crippen LogP contribution is 2.36. The number of alkyl halides is 6. The molecule has 10 heteroatoms. The molecule has 1 amide bonds. The van der Waals surface area contributed by atoms with Crippen LogP contribution < -0.4 is 5.32 Å². The summed E-state index contributed by atoms with van der Waals surface area (Å²) < 4.78 is 81.7. The van der Waals surface area contributed by atoms with Crippen molar-refractivity contribution in [2.24, 2.45) is 0 Å². The Kier molecular flexibility index (Phi) is 6.32. The zero-order valence-electron chi connectivity index (χ0n) is 14.0. The van der Waals surface area contributed by atoms with Crippen molar-refractivity contribution >= 4 is 11.9 Å². The topological polar surface area (TPSA) is 55.4 Å². The third kappa shape index (κ3) is 6.00. The summed E-state index contributed by atoms with van der Waals surface area (Å²) in [6.45, 7) is -0.819. The number of ether oxygens (including phenoxy) is 1. The SMILES string of the molecule is O=C(CNC(=O)c1cc(C(F)(F)F)cc(C(F)(F)F)c1)OCc1ccccc1. The van der Waals surface area contributed by atoms with Gasteiger partial charge in [0.05, 0.1) is 11.1 Å². The molecule has 28 heavy (non-hydrogen) atoms. The molecular weight excluding hydrogens is 392 g/mol. The maximum atomic E-state index is 12.8. The summed E-state index contributed by atoms with van der Waals surface area (Å²) in [6, 6.07) is 8.97. The van der Waals surface area contributed by atoms with Crippen LogP contribution in [0.3, 0.4) is 0 Å². The Labute approximate surface area is 155 Å². The van der Waals surface area contributed by atoms with E-state index in [2.05, 4.69) is 0 Å². The second kappa shape index (κ2) is 8.32. The molecule has 2 aromatic carbocycles. The highest BCUT2D eigenvalue weighted by Gasteiger charge is 2.37. The van der Waals surface area contributed by atoms with Gasteiger partial charge in [-0.15, -0.1) is 0 Å². The van der Waals surface area contributed by atoms with E-state index >= 15 is 0 Å². The van der Waals surface area contributed by atoms with Crippen molar-refractivity contribution < 1.29 is 40.7 Å². The van der Waals surface area contributed by atoms with Crippen LogP contribution in [-0.2, 0) is 28.5 Å². The van der Waals surface area contributed by atoms with E-state index in [0.29, 0.717) is 5.56 Å². The average molecular weight is 405 g/mol. The second-order valence-electron chi connectivity index (χ2n) is 5.62. The molecule has 0 aliphatic rings. The van der Waals surface area contributed by atoms with Gasteiger partial charge < -0.3 is 10.1 Å². The minimum Gasteiger partial charge on any atom is -0.460 e. The van der Waals surface area contributed by atoms with Gasteiger partial charge in [-0.25, -0.2) is 0 Å². The van der Waals surface area contributed by atoms with Gasteiger partial charge in [0.15, 0.2) is 0 Å². The van der Waals surface area contributed by atoms with Gasteiger partial charge >= 0.3 is 18.3 Å². The lowest BCUT2D eigenvalue weighted by Crippen LogP contribution is -2.31. The molecule has 0 saturated heterocycles. The van der Waals surface area contributed by atoms with Crippen molar-refractivity contribution in [3.8, 4) is 0 Å². The summed E-state index contributed by atoms with van der Waals surface area (Å²) in [5, 5.41) is 1.94. The monoisotopic (exact) mass is 405 g/mol. The predicted octanol–water partition coefficient (Wildman–Crippen LogP) is 4.20. The molecule has 0 heterocycles. The van der Waals surface area contributed by atoms with Gasteiger partial charge in [-0.3, -0.25) is 9.59 Å². The molecule has 0 fully saturated rings. The molecule has 0 aliphatic heterocycles. The zero-order valence-corrected chi connectivity index (χ0v) is 14.0. The maximum absolute atomic E-state index is 12.8. The quantitative estimate of drug-likeness (QED) is 0.599. The first-order chi connectivity index (χ1) is 13.0. The van der Waals surface area contributed by atoms with Crippen LogP contribution in [0.15, 0.2) is 48.5 Å². The van der Waals surface area contributed by atoms with Crippen LogP contribution in [0.4, 0.5) is 26.3 Å². The Balaban J connectivity index is 2.05. The van der Waals surface area contributed by atoms with Gasteiger partial charge in [-0.05, 0) is 23.8 Å². The van der Waals surface area contributed by atoms with E-state index < -0.39 is 47.5 Å². The van der Waals surface area contributed by atoms with Gasteiger partial charge in [0.25, 0.3) is 5.91 Å². The van der Waals surface area contributed by atoms with Crippen molar-refractivity contribution in [3.05, 3.63) is 70.8 Å². The van der Waals surface area contributed by atoms with Crippen LogP contribution in [0.5, 0.6) is 0 Å². The van der Waals surface area contributed by atoms with Gasteiger partial charge in [0.1, 0.15) is 13.2 Å². The Hall–Kier alpha value is -3.04. The fraction of sp³-hybridized carbons (Fsp3) is 0.222. The Morgan fingerprint density at radius 2 is 1.39 bits per heavy atom. The van der Waals surface area contributed by atoms with Gasteiger partial charge in [-0.2, -0.15) is 26.3 Å². The van der Waals surface area contributed by atoms with E-state index in [9.17, 15) is 35.9 Å². The molecular formula is C18H13F6NO3. The lowest BCUT2D eigenvalue weighted by Gasteiger charge is -2.14. The van der Waals surface area contributed by atoms with Crippen LogP contribution in [0.1, 0.15) is 27.0 Å². The van der Waals surface area contributed by atoms with Crippen molar-refractivity contribution in [3.63, 3.8) is 0 Å². The maximum Gasteiger partial charge on any atom is 0.416 e. The smallest absolute Gasteiger partial charge is 0.416 e. The summed E-state index contributed by atoms with van der Waals surface area (Å²) in [5.74, 6) is -2.17. The minimum absolute atomic E-state index is 0.0924. The lowest BCUT2D eigenvalue weighted by atomic mass is 10.0. The number of esters is 1. The summed E-state index contributed by atoms with van der Waals surface area (Å²) in [5.41, 5.74) is -3.47. The molecule has 0 radical (unpaired) electrons. The highest BCUT2D eigenvalue weighted by molar-refractivity contribution is 5.96. The largest absolute Gasteiger partial charge is 0.460 e. The van der Waals surface area contributed by atoms with Crippen molar-refractivity contribution in [2.45, 2.75) is 19.0 Å². The highest BCUT2D eigenvalue weighted by atomic mass is 19.4. The molecule has 0 bridgehead atoms. The Bertz CT molecular complexity index is 814. The number of hydrogen-bond acceptors (Lipinski definition) is 3. The fourth-order valence-electron chi connectivity index (χ4n) is 2.13. The molecule has 0 atom stereocenters. The number of nitrogens with one attached hydrogen (secondary N) is 1. The van der Waals surface area contributed by atoms with Crippen LogP contribution in [0.25, 0.3) is 0 Å². The Morgan fingerprint density at radius 1 is 0.857 bits per heavy atom. The van der Waals surface area contributed by atoms with E-state index in [0.717, 1.165) is 0 Å². The van der Waals surface area contributed by atoms with E-state index in [-0.39, 0.29) is 24.8 Å². The van der Waals surface area contributed by atoms with Crippen molar-refractivity contribution in [1.82, 2.24) is 5.32 Å². The van der Waals surface area contributed by atoms with Crippen LogP contribution in [-0.4, -0.2) is 18.4 Å². The van der Waals surface area contributed by atoms with Gasteiger partial charge in [-0.1, -0.05) is 30.3 Å². The molecule has 0 spiro atoms. The fourth-order valence-corrected chi connectivity index (χ4v) is 2.13. The predicted molar refractivity (Wildman–Crippen MR) is 85.0 cm³/mol. The number of carbonyl (C=O) groups is 2. The number of halogens is 6. The molecule has 0 aliphatic carbocycles. The third-order valence-electron chi connectivity index (χ3n) is 3.49. The minimum atomic E-state index is -5.08. The van der Waals surface area contributed by atoms with Crippen molar-refractivity contribution in [2.75, 3.05) is 6.54 Å². The van der Waals surface area contributed by atoms with Gasteiger partial charge in [0.2, 0.25) is 0 Å². The Morgan fingerprint density at radius 3 is 1.89 bits per heavy atom. The summed E-state index contributed by atoms with van der Waals surface area (Å²) in [6.07, 6.45) is -10.2. The number of amides is 1. The molecule has 150 valence electrons. The molecule has 4 nitrogen and oxygen atoms in total. The number of rotatable bonds is 5. The summed E-state index contributed by atoms with van der Waals surface area (Å²) in [4.78, 5) is 23.5. The first kappa shape index (κ1) is 21.3. The second-order valence-corrected chi connectivity index (χ2v) is 5.62. The number of hydrogen-bond donors (Lipinski definition) is 1. The van der Waals surface area contributed by atoms with E-state index in [1.807, 2.05) is 5.32 Å². The van der Waals surface area contributed by atoms with Crippen LogP contribution in [0.2, 0.25) is 0 Å². The first-order valence-corrected chi connectivity index (χ1v) is 7.74. The average Bonchev–Trinajstić information content (AvgIpc) is 2.63. The van der Waals surface area contributed by atoms with Crippen molar-refractivity contribution in [1.29, 1.82) is 0 Å². The molecule has 0 aromatic heterocycles. The summed E-state index contributed by atoms with van der Waals surface area (Å²) in [7, 11) is 0. The lowest BCUT2D eigenvalue weighted by molar-refractivity contribution is -0.144. The zero-order chi connectivity index (χ0) is 20.9. The standard InChI is InChI=1S/C18H13F6NO3/c19-17(20,21)13-6-12(7-14(8-13)18(22,23)24)16(27)25-9-15(26)28-10-11-4-2-1-3-5-11/h1-8H,9-10H2,(H,25,27).